The van der Waals surface area contributed by atoms with E-state index in [0.717, 1.165) is 89.9 Å². The van der Waals surface area contributed by atoms with E-state index in [9.17, 15) is 0 Å². The van der Waals surface area contributed by atoms with Crippen molar-refractivity contribution in [1.82, 2.24) is 29.1 Å². The van der Waals surface area contributed by atoms with E-state index < -0.39 is 0 Å². The Balaban J connectivity index is 1.15. The third-order valence-corrected chi connectivity index (χ3v) is 11.8. The molecule has 0 unspecified atom stereocenters. The molecule has 0 N–H and O–H groups in total. The zero-order valence-corrected chi connectivity index (χ0v) is 33.5. The van der Waals surface area contributed by atoms with Gasteiger partial charge in [-0.05, 0) is 117 Å². The molecule has 0 aliphatic heterocycles. The number of pyridine rings is 2. The van der Waals surface area contributed by atoms with Gasteiger partial charge >= 0.3 is 0 Å². The van der Waals surface area contributed by atoms with Crippen LogP contribution in [-0.4, -0.2) is 29.1 Å². The van der Waals surface area contributed by atoms with Crippen molar-refractivity contribution in [2.24, 2.45) is 0 Å². The van der Waals surface area contributed by atoms with Gasteiger partial charge in [0.15, 0.2) is 11.3 Å². The molecule has 12 rings (SSSR count). The minimum absolute atomic E-state index is 0.780. The fourth-order valence-electron chi connectivity index (χ4n) is 8.90. The highest BCUT2D eigenvalue weighted by molar-refractivity contribution is 6.00. The Hall–Kier alpha value is -8.48. The molecule has 0 radical (unpaired) electrons. The molecule has 0 saturated heterocycles. The smallest absolute Gasteiger partial charge is 0.164 e. The predicted octanol–water partition coefficient (Wildman–Crippen LogP) is 13.8. The Morgan fingerprint density at radius 1 is 0.290 bits per heavy atom. The number of rotatable bonds is 7. The predicted molar refractivity (Wildman–Crippen MR) is 253 cm³/mol. The third-order valence-electron chi connectivity index (χ3n) is 11.8. The van der Waals surface area contributed by atoms with Crippen molar-refractivity contribution in [1.29, 1.82) is 0 Å². The maximum atomic E-state index is 5.39. The number of nitrogens with zero attached hydrogens (tertiary/aromatic N) is 6. The fourth-order valence-corrected chi connectivity index (χ4v) is 8.90. The monoisotopic (exact) mass is 792 g/mol. The largest absolute Gasteiger partial charge is 0.276 e. The number of benzene rings is 8. The molecule has 0 aliphatic carbocycles. The second kappa shape index (κ2) is 14.7. The van der Waals surface area contributed by atoms with Crippen LogP contribution in [0.25, 0.3) is 111 Å². The lowest BCUT2D eigenvalue weighted by atomic mass is 9.95. The Bertz CT molecular complexity index is 3460. The van der Waals surface area contributed by atoms with Crippen molar-refractivity contribution >= 4 is 43.9 Å². The van der Waals surface area contributed by atoms with Crippen LogP contribution < -0.4 is 0 Å². The molecule has 0 fully saturated rings. The second-order valence-electron chi connectivity index (χ2n) is 15.6. The first-order valence-electron chi connectivity index (χ1n) is 20.8. The lowest BCUT2D eigenvalue weighted by molar-refractivity contribution is 1.07. The average Bonchev–Trinajstić information content (AvgIpc) is 3.93. The maximum Gasteiger partial charge on any atom is 0.164 e. The van der Waals surface area contributed by atoms with E-state index in [1.54, 1.807) is 0 Å². The van der Waals surface area contributed by atoms with Crippen LogP contribution in [0.1, 0.15) is 0 Å². The summed E-state index contributed by atoms with van der Waals surface area (Å²) in [4.78, 5) is 20.7. The van der Waals surface area contributed by atoms with Gasteiger partial charge in [0.1, 0.15) is 22.7 Å². The van der Waals surface area contributed by atoms with Crippen LogP contribution in [0.3, 0.4) is 0 Å². The topological polar surface area (TPSA) is 61.4 Å². The summed E-state index contributed by atoms with van der Waals surface area (Å²) in [5, 5.41) is 4.81. The Morgan fingerprint density at radius 3 is 1.29 bits per heavy atom. The van der Waals surface area contributed by atoms with Crippen LogP contribution in [0.15, 0.2) is 219 Å². The molecule has 4 heterocycles. The zero-order valence-electron chi connectivity index (χ0n) is 33.5. The van der Waals surface area contributed by atoms with Crippen molar-refractivity contribution < 1.29 is 0 Å². The highest BCUT2D eigenvalue weighted by Gasteiger charge is 2.23. The molecule has 0 aliphatic rings. The molecule has 12 aromatic rings. The first kappa shape index (κ1) is 35.5. The Morgan fingerprint density at radius 2 is 0.742 bits per heavy atom. The van der Waals surface area contributed by atoms with Crippen molar-refractivity contribution in [2.75, 3.05) is 0 Å². The summed E-state index contributed by atoms with van der Waals surface area (Å²) < 4.78 is 4.42. The molecule has 0 spiro atoms. The van der Waals surface area contributed by atoms with Crippen LogP contribution in [-0.2, 0) is 0 Å². The molecule has 8 aromatic carbocycles. The molecule has 0 bridgehead atoms. The number of hydrogen-bond donors (Lipinski definition) is 0. The fraction of sp³-hybridized carbons (Fsp3) is 0. The molecule has 62 heavy (non-hydrogen) atoms. The molecule has 0 atom stereocenters. The number of fused-ring (bicyclic) bond motifs is 4. The molecule has 6 nitrogen and oxygen atoms in total. The van der Waals surface area contributed by atoms with Crippen molar-refractivity contribution in [3.8, 4) is 67.5 Å². The van der Waals surface area contributed by atoms with Gasteiger partial charge in [-0.3, -0.25) is 9.13 Å². The minimum atomic E-state index is 0.780. The van der Waals surface area contributed by atoms with Gasteiger partial charge in [0.05, 0.1) is 11.4 Å². The highest BCUT2D eigenvalue weighted by atomic mass is 15.1. The third kappa shape index (κ3) is 6.04. The lowest BCUT2D eigenvalue weighted by Gasteiger charge is -2.17. The summed E-state index contributed by atoms with van der Waals surface area (Å²) in [6.45, 7) is 0. The highest BCUT2D eigenvalue weighted by Crippen LogP contribution is 2.40. The van der Waals surface area contributed by atoms with Crippen LogP contribution in [0.2, 0.25) is 0 Å². The molecule has 0 amide bonds. The van der Waals surface area contributed by atoms with Gasteiger partial charge in [0, 0.05) is 34.6 Å². The van der Waals surface area contributed by atoms with Gasteiger partial charge in [-0.15, -0.1) is 0 Å². The summed E-state index contributed by atoms with van der Waals surface area (Å²) >= 11 is 0. The van der Waals surface area contributed by atoms with E-state index >= 15 is 0 Å². The van der Waals surface area contributed by atoms with E-state index in [-0.39, 0.29) is 0 Å². The summed E-state index contributed by atoms with van der Waals surface area (Å²) in [6, 6.07) is 72.6. The van der Waals surface area contributed by atoms with Crippen molar-refractivity contribution in [2.45, 2.75) is 0 Å². The standard InChI is InChI=1S/C56H36N6/c1-3-15-37(16-4-1)47-21-9-11-25-51(47)61-53(59-49-23-13-29-57-55(49)61)45-34-44(42-28-27-41-31-39-19-7-8-20-40(39)32-43(41)33-42)35-46(36-45)54-60-50-24-14-30-58-56(50)62(54)52-26-12-10-22-48(52)38-17-5-2-6-18-38/h1-36H. The second-order valence-corrected chi connectivity index (χ2v) is 15.6. The molecular formula is C56H36N6. The summed E-state index contributed by atoms with van der Waals surface area (Å²) in [7, 11) is 0. The first-order chi connectivity index (χ1) is 30.7. The zero-order chi connectivity index (χ0) is 41.0. The quantitative estimate of drug-likeness (QED) is 0.151. The van der Waals surface area contributed by atoms with Crippen molar-refractivity contribution in [3.63, 3.8) is 0 Å². The molecular weight excluding hydrogens is 757 g/mol. The van der Waals surface area contributed by atoms with Gasteiger partial charge < -0.3 is 0 Å². The molecule has 0 saturated carbocycles. The Kier molecular flexibility index (Phi) is 8.38. The summed E-state index contributed by atoms with van der Waals surface area (Å²) in [6.07, 6.45) is 3.69. The van der Waals surface area contributed by atoms with E-state index in [1.807, 2.05) is 36.7 Å². The van der Waals surface area contributed by atoms with Crippen molar-refractivity contribution in [3.05, 3.63) is 219 Å². The minimum Gasteiger partial charge on any atom is -0.276 e. The Labute approximate surface area is 357 Å². The van der Waals surface area contributed by atoms with Crippen LogP contribution in [0.5, 0.6) is 0 Å². The first-order valence-corrected chi connectivity index (χ1v) is 20.8. The SMILES string of the molecule is c1ccc(-c2ccccc2-n2c(-c3cc(-c4ccc5cc6ccccc6cc5c4)cc(-c4nc5cccnc5n4-c4ccccc4-c4ccccc4)c3)nc3cccnc32)cc1. The summed E-state index contributed by atoms with van der Waals surface area (Å²) in [5.41, 5.74) is 13.6. The molecule has 4 aromatic heterocycles. The summed E-state index contributed by atoms with van der Waals surface area (Å²) in [5.74, 6) is 1.56. The molecule has 290 valence electrons. The number of para-hydroxylation sites is 2. The number of aromatic nitrogens is 6. The maximum absolute atomic E-state index is 5.39. The van der Waals surface area contributed by atoms with Gasteiger partial charge in [-0.2, -0.15) is 0 Å². The number of hydrogen-bond acceptors (Lipinski definition) is 4. The van der Waals surface area contributed by atoms with Gasteiger partial charge in [-0.25, -0.2) is 19.9 Å². The average molecular weight is 793 g/mol. The van der Waals surface area contributed by atoms with Crippen LogP contribution in [0, 0.1) is 0 Å². The van der Waals surface area contributed by atoms with Crippen LogP contribution >= 0.6 is 0 Å². The van der Waals surface area contributed by atoms with E-state index in [1.165, 1.54) is 21.5 Å². The van der Waals surface area contributed by atoms with E-state index in [0.29, 0.717) is 0 Å². The van der Waals surface area contributed by atoms with E-state index in [2.05, 4.69) is 191 Å². The molecule has 6 heteroatoms. The van der Waals surface area contributed by atoms with Gasteiger partial charge in [0.25, 0.3) is 0 Å². The lowest BCUT2D eigenvalue weighted by Crippen LogP contribution is -2.03. The van der Waals surface area contributed by atoms with Gasteiger partial charge in [-0.1, -0.05) is 133 Å². The van der Waals surface area contributed by atoms with Gasteiger partial charge in [0.2, 0.25) is 0 Å². The van der Waals surface area contributed by atoms with E-state index in [4.69, 9.17) is 19.9 Å². The normalized spacial score (nSPS) is 11.5. The number of imidazole rings is 2. The van der Waals surface area contributed by atoms with Crippen LogP contribution in [0.4, 0.5) is 0 Å².